The number of hydrogen-bond acceptors (Lipinski definition) is 4. The monoisotopic (exact) mass is 476 g/mol. The van der Waals surface area contributed by atoms with Gasteiger partial charge in [-0.25, -0.2) is 0 Å². The van der Waals surface area contributed by atoms with Gasteiger partial charge in [-0.15, -0.1) is 0 Å². The van der Waals surface area contributed by atoms with E-state index >= 15 is 0 Å². The van der Waals surface area contributed by atoms with Gasteiger partial charge in [0.2, 0.25) is 5.91 Å². The van der Waals surface area contributed by atoms with Crippen LogP contribution in [0.5, 0.6) is 0 Å². The topological polar surface area (TPSA) is 81.8 Å². The molecule has 0 radical (unpaired) electrons. The number of likely N-dealkylation sites (tertiary alicyclic amines) is 1. The zero-order valence-corrected chi connectivity index (χ0v) is 20.8. The molecule has 0 bridgehead atoms. The number of rotatable bonds is 6. The van der Waals surface area contributed by atoms with E-state index in [1.807, 2.05) is 32.0 Å². The van der Waals surface area contributed by atoms with Crippen molar-refractivity contribution in [2.45, 2.75) is 46.1 Å². The summed E-state index contributed by atoms with van der Waals surface area (Å²) in [6.45, 7) is 7.88. The predicted octanol–water partition coefficient (Wildman–Crippen LogP) is 3.59. The van der Waals surface area contributed by atoms with Crippen molar-refractivity contribution in [1.29, 1.82) is 0 Å². The van der Waals surface area contributed by atoms with Crippen molar-refractivity contribution in [2.24, 2.45) is 11.8 Å². The maximum Gasteiger partial charge on any atom is 0.313 e. The van der Waals surface area contributed by atoms with Gasteiger partial charge in [0.1, 0.15) is 0 Å². The lowest BCUT2D eigenvalue weighted by molar-refractivity contribution is -0.136. The quantitative estimate of drug-likeness (QED) is 0.625. The summed E-state index contributed by atoms with van der Waals surface area (Å²) < 4.78 is 0. The zero-order valence-electron chi connectivity index (χ0n) is 20.8. The third kappa shape index (κ3) is 6.48. The van der Waals surface area contributed by atoms with E-state index in [0.29, 0.717) is 24.7 Å². The van der Waals surface area contributed by atoms with Crippen molar-refractivity contribution < 1.29 is 14.4 Å². The largest absolute Gasteiger partial charge is 0.348 e. The van der Waals surface area contributed by atoms with Crippen molar-refractivity contribution in [3.63, 3.8) is 0 Å². The molecule has 2 N–H and O–H groups in total. The Labute approximate surface area is 207 Å². The molecule has 2 heterocycles. The molecule has 3 amide bonds. The predicted molar refractivity (Wildman–Crippen MR) is 138 cm³/mol. The van der Waals surface area contributed by atoms with E-state index in [-0.39, 0.29) is 11.8 Å². The standard InChI is InChI=1S/C28H36N4O3/c1-20(2)28(35)32-14-6-9-23-10-11-24(17-25(23)32)30-27(34)26(33)29-18-21-12-15-31(16-13-21)19-22-7-4-3-5-8-22/h3-5,7-8,10-11,17,20-21H,6,9,12-16,18-19H2,1-2H3,(H,29,33)(H,30,34). The van der Waals surface area contributed by atoms with Crippen LogP contribution in [0.2, 0.25) is 0 Å². The van der Waals surface area contributed by atoms with Crippen LogP contribution in [0.15, 0.2) is 48.5 Å². The molecule has 0 saturated carbocycles. The summed E-state index contributed by atoms with van der Waals surface area (Å²) in [5, 5.41) is 5.51. The Morgan fingerprint density at radius 3 is 2.43 bits per heavy atom. The second-order valence-corrected chi connectivity index (χ2v) is 9.96. The second-order valence-electron chi connectivity index (χ2n) is 9.96. The average molecular weight is 477 g/mol. The molecule has 2 aromatic carbocycles. The van der Waals surface area contributed by atoms with Crippen molar-refractivity contribution >= 4 is 29.1 Å². The minimum atomic E-state index is -0.677. The molecule has 1 saturated heterocycles. The fourth-order valence-corrected chi connectivity index (χ4v) is 4.89. The van der Waals surface area contributed by atoms with Gasteiger partial charge in [-0.05, 0) is 68.0 Å². The molecule has 4 rings (SSSR count). The van der Waals surface area contributed by atoms with Gasteiger partial charge < -0.3 is 15.5 Å². The fourth-order valence-electron chi connectivity index (χ4n) is 4.89. The number of fused-ring (bicyclic) bond motifs is 1. The van der Waals surface area contributed by atoms with Gasteiger partial charge in [-0.3, -0.25) is 19.3 Å². The van der Waals surface area contributed by atoms with E-state index in [2.05, 4.69) is 39.8 Å². The normalized spacial score (nSPS) is 16.6. The second kappa shape index (κ2) is 11.5. The molecular formula is C28H36N4O3. The average Bonchev–Trinajstić information content (AvgIpc) is 2.87. The first-order valence-corrected chi connectivity index (χ1v) is 12.7. The number of carbonyl (C=O) groups is 3. The number of hydrogen-bond donors (Lipinski definition) is 2. The van der Waals surface area contributed by atoms with E-state index in [4.69, 9.17) is 0 Å². The number of piperidine rings is 1. The molecule has 35 heavy (non-hydrogen) atoms. The minimum absolute atomic E-state index is 0.0713. The summed E-state index contributed by atoms with van der Waals surface area (Å²) in [6.07, 6.45) is 3.82. The van der Waals surface area contributed by atoms with Gasteiger partial charge in [0.05, 0.1) is 0 Å². The molecule has 2 aliphatic rings. The van der Waals surface area contributed by atoms with Crippen LogP contribution in [0.3, 0.4) is 0 Å². The number of nitrogens with zero attached hydrogens (tertiary/aromatic N) is 2. The molecule has 0 aliphatic carbocycles. The van der Waals surface area contributed by atoms with Gasteiger partial charge in [-0.1, -0.05) is 50.2 Å². The highest BCUT2D eigenvalue weighted by Gasteiger charge is 2.26. The van der Waals surface area contributed by atoms with E-state index in [9.17, 15) is 14.4 Å². The number of benzene rings is 2. The number of amides is 3. The van der Waals surface area contributed by atoms with Crippen LogP contribution in [-0.4, -0.2) is 48.8 Å². The highest BCUT2D eigenvalue weighted by Crippen LogP contribution is 2.31. The molecule has 7 nitrogen and oxygen atoms in total. The van der Waals surface area contributed by atoms with Crippen LogP contribution in [0.1, 0.15) is 44.2 Å². The van der Waals surface area contributed by atoms with Crippen LogP contribution >= 0.6 is 0 Å². The number of nitrogens with one attached hydrogen (secondary N) is 2. The molecule has 0 spiro atoms. The molecule has 0 atom stereocenters. The Morgan fingerprint density at radius 2 is 1.71 bits per heavy atom. The van der Waals surface area contributed by atoms with E-state index in [0.717, 1.165) is 56.6 Å². The summed E-state index contributed by atoms with van der Waals surface area (Å²) in [7, 11) is 0. The molecule has 0 unspecified atom stereocenters. The Kier molecular flexibility index (Phi) is 8.18. The van der Waals surface area contributed by atoms with Crippen LogP contribution in [0, 0.1) is 11.8 Å². The van der Waals surface area contributed by atoms with Crippen molar-refractivity contribution in [3.8, 4) is 0 Å². The van der Waals surface area contributed by atoms with Crippen LogP contribution in [0.4, 0.5) is 11.4 Å². The molecule has 0 aromatic heterocycles. The van der Waals surface area contributed by atoms with Crippen molar-refractivity contribution in [1.82, 2.24) is 10.2 Å². The molecule has 186 valence electrons. The SMILES string of the molecule is CC(C)C(=O)N1CCCc2ccc(NC(=O)C(=O)NCC3CCN(Cc4ccccc4)CC3)cc21. The maximum atomic E-state index is 12.6. The van der Waals surface area contributed by atoms with Crippen LogP contribution in [-0.2, 0) is 27.3 Å². The molecule has 7 heteroatoms. The number of aryl methyl sites for hydroxylation is 1. The molecular weight excluding hydrogens is 440 g/mol. The molecule has 2 aromatic rings. The Morgan fingerprint density at radius 1 is 0.971 bits per heavy atom. The molecule has 2 aliphatic heterocycles. The lowest BCUT2D eigenvalue weighted by atomic mass is 9.96. The first-order chi connectivity index (χ1) is 16.9. The summed E-state index contributed by atoms with van der Waals surface area (Å²) in [6, 6.07) is 16.0. The highest BCUT2D eigenvalue weighted by atomic mass is 16.2. The van der Waals surface area contributed by atoms with Gasteiger partial charge in [0.15, 0.2) is 0 Å². The van der Waals surface area contributed by atoms with E-state index < -0.39 is 11.8 Å². The zero-order chi connectivity index (χ0) is 24.8. The van der Waals surface area contributed by atoms with Gasteiger partial charge in [0, 0.05) is 36.9 Å². The molecule has 1 fully saturated rings. The van der Waals surface area contributed by atoms with E-state index in [1.165, 1.54) is 5.56 Å². The third-order valence-electron chi connectivity index (χ3n) is 6.94. The Balaban J connectivity index is 1.25. The number of carbonyl (C=O) groups excluding carboxylic acids is 3. The van der Waals surface area contributed by atoms with Gasteiger partial charge in [-0.2, -0.15) is 0 Å². The highest BCUT2D eigenvalue weighted by molar-refractivity contribution is 6.39. The van der Waals surface area contributed by atoms with Crippen LogP contribution in [0.25, 0.3) is 0 Å². The summed E-state index contributed by atoms with van der Waals surface area (Å²) in [5.41, 5.74) is 3.76. The first-order valence-electron chi connectivity index (χ1n) is 12.7. The Hall–Kier alpha value is -3.19. The summed E-state index contributed by atoms with van der Waals surface area (Å²) >= 11 is 0. The van der Waals surface area contributed by atoms with Crippen molar-refractivity contribution in [3.05, 3.63) is 59.7 Å². The van der Waals surface area contributed by atoms with Gasteiger partial charge in [0.25, 0.3) is 0 Å². The van der Waals surface area contributed by atoms with Crippen molar-refractivity contribution in [2.75, 3.05) is 36.4 Å². The summed E-state index contributed by atoms with van der Waals surface area (Å²) in [5.74, 6) is -0.955. The number of anilines is 2. The third-order valence-corrected chi connectivity index (χ3v) is 6.94. The summed E-state index contributed by atoms with van der Waals surface area (Å²) in [4.78, 5) is 41.8. The van der Waals surface area contributed by atoms with Gasteiger partial charge >= 0.3 is 11.8 Å². The van der Waals surface area contributed by atoms with E-state index in [1.54, 1.807) is 11.0 Å². The minimum Gasteiger partial charge on any atom is -0.348 e. The van der Waals surface area contributed by atoms with Crippen LogP contribution < -0.4 is 15.5 Å². The maximum absolute atomic E-state index is 12.6. The lowest BCUT2D eigenvalue weighted by Gasteiger charge is -2.32. The Bertz CT molecular complexity index is 1050. The lowest BCUT2D eigenvalue weighted by Crippen LogP contribution is -2.41. The fraction of sp³-hybridized carbons (Fsp3) is 0.464. The smallest absolute Gasteiger partial charge is 0.313 e. The first kappa shape index (κ1) is 24.9.